The highest BCUT2D eigenvalue weighted by Gasteiger charge is 2.17. The predicted octanol–water partition coefficient (Wildman–Crippen LogP) is 2.60. The van der Waals surface area contributed by atoms with Crippen LogP contribution in [0.2, 0.25) is 0 Å². The van der Waals surface area contributed by atoms with Crippen LogP contribution in [0.3, 0.4) is 0 Å². The fourth-order valence-electron chi connectivity index (χ4n) is 2.33. The second-order valence-electron chi connectivity index (χ2n) is 4.85. The molecule has 0 atom stereocenters. The normalized spacial score (nSPS) is 18.2. The van der Waals surface area contributed by atoms with Gasteiger partial charge in [0.05, 0.1) is 0 Å². The molecule has 1 aliphatic heterocycles. The van der Waals surface area contributed by atoms with Gasteiger partial charge in [-0.25, -0.2) is 0 Å². The Kier molecular flexibility index (Phi) is 3.89. The Labute approximate surface area is 103 Å². The minimum Gasteiger partial charge on any atom is -0.508 e. The van der Waals surface area contributed by atoms with E-state index in [9.17, 15) is 5.11 Å². The molecule has 17 heavy (non-hydrogen) atoms. The Morgan fingerprint density at radius 2 is 2.06 bits per heavy atom. The summed E-state index contributed by atoms with van der Waals surface area (Å²) in [4.78, 5) is 2.48. The Balaban J connectivity index is 1.91. The van der Waals surface area contributed by atoms with Gasteiger partial charge in [-0.3, -0.25) is 0 Å². The van der Waals surface area contributed by atoms with Gasteiger partial charge in [0, 0.05) is 30.9 Å². The second-order valence-corrected chi connectivity index (χ2v) is 4.85. The zero-order valence-corrected chi connectivity index (χ0v) is 10.7. The van der Waals surface area contributed by atoms with Crippen molar-refractivity contribution in [2.75, 3.05) is 25.0 Å². The minimum absolute atomic E-state index is 0.376. The molecule has 0 bridgehead atoms. The number of aromatic hydroxyl groups is 1. The smallest absolute Gasteiger partial charge is 0.120 e. The third-order valence-corrected chi connectivity index (χ3v) is 3.61. The van der Waals surface area contributed by atoms with Gasteiger partial charge in [-0.2, -0.15) is 0 Å². The summed E-state index contributed by atoms with van der Waals surface area (Å²) < 4.78 is 0. The molecule has 1 fully saturated rings. The summed E-state index contributed by atoms with van der Waals surface area (Å²) in [5.74, 6) is 0.376. The van der Waals surface area contributed by atoms with E-state index in [2.05, 4.69) is 17.1 Å². The van der Waals surface area contributed by atoms with Crippen LogP contribution in [-0.4, -0.2) is 35.7 Å². The lowest BCUT2D eigenvalue weighted by Gasteiger charge is -2.32. The molecule has 2 rings (SSSR count). The van der Waals surface area contributed by atoms with Crippen molar-refractivity contribution >= 4 is 5.69 Å². The summed E-state index contributed by atoms with van der Waals surface area (Å²) in [6, 6.07) is 6.36. The number of anilines is 1. The summed E-state index contributed by atoms with van der Waals surface area (Å²) in [5.41, 5.74) is 1.96. The fraction of sp³-hybridized carbons (Fsp3) is 0.571. The van der Waals surface area contributed by atoms with E-state index >= 15 is 0 Å². The molecular formula is C14H22N2O. The van der Waals surface area contributed by atoms with Gasteiger partial charge < -0.3 is 15.3 Å². The van der Waals surface area contributed by atoms with Crippen molar-refractivity contribution in [1.82, 2.24) is 4.90 Å². The number of benzene rings is 1. The molecule has 94 valence electrons. The molecule has 3 heteroatoms. The lowest BCUT2D eigenvalue weighted by atomic mass is 10.0. The molecule has 0 radical (unpaired) electrons. The van der Waals surface area contributed by atoms with Crippen molar-refractivity contribution in [1.29, 1.82) is 0 Å². The van der Waals surface area contributed by atoms with Crippen LogP contribution >= 0.6 is 0 Å². The molecule has 1 aliphatic rings. The molecule has 1 aromatic rings. The third kappa shape index (κ3) is 3.13. The van der Waals surface area contributed by atoms with Crippen LogP contribution in [0.25, 0.3) is 0 Å². The topological polar surface area (TPSA) is 35.5 Å². The van der Waals surface area contributed by atoms with Gasteiger partial charge in [0.2, 0.25) is 0 Å². The van der Waals surface area contributed by atoms with Crippen LogP contribution in [0.5, 0.6) is 5.75 Å². The molecule has 0 spiro atoms. The largest absolute Gasteiger partial charge is 0.508 e. The zero-order valence-electron chi connectivity index (χ0n) is 10.7. The van der Waals surface area contributed by atoms with E-state index in [-0.39, 0.29) is 0 Å². The summed E-state index contributed by atoms with van der Waals surface area (Å²) in [5, 5.41) is 13.2. The molecule has 1 aromatic carbocycles. The quantitative estimate of drug-likeness (QED) is 0.844. The number of nitrogens with zero attached hydrogens (tertiary/aromatic N) is 1. The molecule has 0 aromatic heterocycles. The average molecular weight is 234 g/mol. The van der Waals surface area contributed by atoms with Gasteiger partial charge in [0.25, 0.3) is 0 Å². The van der Waals surface area contributed by atoms with Crippen molar-refractivity contribution in [2.45, 2.75) is 32.7 Å². The Bertz CT molecular complexity index is 370. The highest BCUT2D eigenvalue weighted by molar-refractivity contribution is 5.51. The standard InChI is InChI=1S/C14H22N2O/c1-3-16-8-6-12(7-9-16)15-13-5-4-11(2)14(17)10-13/h4-5,10,12,15,17H,3,6-9H2,1-2H3. The summed E-state index contributed by atoms with van der Waals surface area (Å²) in [6.07, 6.45) is 2.37. The van der Waals surface area contributed by atoms with Crippen LogP contribution in [-0.2, 0) is 0 Å². The van der Waals surface area contributed by atoms with Crippen LogP contribution in [0, 0.1) is 6.92 Å². The van der Waals surface area contributed by atoms with E-state index in [1.165, 1.54) is 25.9 Å². The van der Waals surface area contributed by atoms with Crippen molar-refractivity contribution in [3.63, 3.8) is 0 Å². The third-order valence-electron chi connectivity index (χ3n) is 3.61. The number of likely N-dealkylation sites (tertiary alicyclic amines) is 1. The van der Waals surface area contributed by atoms with Crippen molar-refractivity contribution in [2.24, 2.45) is 0 Å². The maximum absolute atomic E-state index is 9.66. The van der Waals surface area contributed by atoms with E-state index in [0.717, 1.165) is 17.8 Å². The first-order chi connectivity index (χ1) is 8.19. The Morgan fingerprint density at radius 1 is 1.35 bits per heavy atom. The number of hydrogen-bond acceptors (Lipinski definition) is 3. The molecule has 1 heterocycles. The van der Waals surface area contributed by atoms with E-state index in [1.54, 1.807) is 0 Å². The molecule has 0 unspecified atom stereocenters. The average Bonchev–Trinajstić information content (AvgIpc) is 2.35. The van der Waals surface area contributed by atoms with E-state index in [1.807, 2.05) is 25.1 Å². The van der Waals surface area contributed by atoms with E-state index in [0.29, 0.717) is 11.8 Å². The number of aryl methyl sites for hydroxylation is 1. The number of piperidine rings is 1. The van der Waals surface area contributed by atoms with Gasteiger partial charge in [-0.15, -0.1) is 0 Å². The van der Waals surface area contributed by atoms with Gasteiger partial charge >= 0.3 is 0 Å². The van der Waals surface area contributed by atoms with Crippen LogP contribution in [0.15, 0.2) is 18.2 Å². The Morgan fingerprint density at radius 3 is 2.65 bits per heavy atom. The monoisotopic (exact) mass is 234 g/mol. The Hall–Kier alpha value is -1.22. The molecule has 3 nitrogen and oxygen atoms in total. The number of hydrogen-bond donors (Lipinski definition) is 2. The summed E-state index contributed by atoms with van der Waals surface area (Å²) in [6.45, 7) is 7.63. The van der Waals surface area contributed by atoms with E-state index in [4.69, 9.17) is 0 Å². The van der Waals surface area contributed by atoms with Crippen molar-refractivity contribution in [3.05, 3.63) is 23.8 Å². The summed E-state index contributed by atoms with van der Waals surface area (Å²) >= 11 is 0. The molecule has 0 amide bonds. The highest BCUT2D eigenvalue weighted by atomic mass is 16.3. The van der Waals surface area contributed by atoms with Crippen molar-refractivity contribution < 1.29 is 5.11 Å². The lowest BCUT2D eigenvalue weighted by molar-refractivity contribution is 0.229. The molecule has 2 N–H and O–H groups in total. The number of phenols is 1. The van der Waals surface area contributed by atoms with E-state index < -0.39 is 0 Å². The fourth-order valence-corrected chi connectivity index (χ4v) is 2.33. The van der Waals surface area contributed by atoms with Gasteiger partial charge in [0.15, 0.2) is 0 Å². The number of rotatable bonds is 3. The predicted molar refractivity (Wildman–Crippen MR) is 71.6 cm³/mol. The van der Waals surface area contributed by atoms with Crippen molar-refractivity contribution in [3.8, 4) is 5.75 Å². The first-order valence-electron chi connectivity index (χ1n) is 6.47. The zero-order chi connectivity index (χ0) is 12.3. The van der Waals surface area contributed by atoms with Gasteiger partial charge in [-0.1, -0.05) is 13.0 Å². The minimum atomic E-state index is 0.376. The second kappa shape index (κ2) is 5.41. The SMILES string of the molecule is CCN1CCC(Nc2ccc(C)c(O)c2)CC1. The first kappa shape index (κ1) is 12.2. The van der Waals surface area contributed by atoms with Crippen LogP contribution in [0.4, 0.5) is 5.69 Å². The van der Waals surface area contributed by atoms with Gasteiger partial charge in [0.1, 0.15) is 5.75 Å². The molecular weight excluding hydrogens is 212 g/mol. The maximum Gasteiger partial charge on any atom is 0.120 e. The molecule has 1 saturated heterocycles. The number of phenolic OH excluding ortho intramolecular Hbond substituents is 1. The lowest BCUT2D eigenvalue weighted by Crippen LogP contribution is -2.38. The molecule has 0 saturated carbocycles. The highest BCUT2D eigenvalue weighted by Crippen LogP contribution is 2.23. The summed E-state index contributed by atoms with van der Waals surface area (Å²) in [7, 11) is 0. The van der Waals surface area contributed by atoms with Crippen LogP contribution in [0.1, 0.15) is 25.3 Å². The molecule has 0 aliphatic carbocycles. The van der Waals surface area contributed by atoms with Gasteiger partial charge in [-0.05, 0) is 37.9 Å². The van der Waals surface area contributed by atoms with Crippen LogP contribution < -0.4 is 5.32 Å². The first-order valence-corrected chi connectivity index (χ1v) is 6.47. The number of nitrogens with one attached hydrogen (secondary N) is 1. The maximum atomic E-state index is 9.66.